The van der Waals surface area contributed by atoms with Crippen molar-refractivity contribution < 1.29 is 27.5 Å². The fourth-order valence-corrected chi connectivity index (χ4v) is 2.31. The van der Waals surface area contributed by atoms with E-state index in [1.54, 1.807) is 24.3 Å². The van der Waals surface area contributed by atoms with Gasteiger partial charge in [-0.25, -0.2) is 18.0 Å². The Kier molecular flexibility index (Phi) is 6.03. The van der Waals surface area contributed by atoms with E-state index in [4.69, 9.17) is 11.6 Å². The molecule has 0 fully saturated rings. The summed E-state index contributed by atoms with van der Waals surface area (Å²) >= 11 is 5.77. The zero-order valence-corrected chi connectivity index (χ0v) is 13.7. The van der Waals surface area contributed by atoms with Crippen LogP contribution in [0.15, 0.2) is 36.4 Å². The Morgan fingerprint density at radius 3 is 2.20 bits per heavy atom. The molecular formula is C17H13ClF3NO3. The number of nitrogens with one attached hydrogen (secondary N) is 1. The molecule has 0 spiro atoms. The van der Waals surface area contributed by atoms with E-state index < -0.39 is 40.9 Å². The molecular weight excluding hydrogens is 359 g/mol. The van der Waals surface area contributed by atoms with Gasteiger partial charge >= 0.3 is 5.97 Å². The molecule has 1 atom stereocenters. The van der Waals surface area contributed by atoms with Crippen LogP contribution >= 0.6 is 11.6 Å². The van der Waals surface area contributed by atoms with Crippen molar-refractivity contribution >= 4 is 23.5 Å². The van der Waals surface area contributed by atoms with Crippen LogP contribution in [0.5, 0.6) is 0 Å². The molecule has 0 radical (unpaired) electrons. The highest BCUT2D eigenvalue weighted by molar-refractivity contribution is 6.30. The third-order valence-corrected chi connectivity index (χ3v) is 3.63. The summed E-state index contributed by atoms with van der Waals surface area (Å²) in [6.07, 6.45) is 0.0139. The van der Waals surface area contributed by atoms with E-state index in [0.29, 0.717) is 22.7 Å². The SMILES string of the molecule is COC(=O)[C@H](Cc1ccc(Cl)cc1)NC(=O)c1c(F)cc(F)cc1F. The summed E-state index contributed by atoms with van der Waals surface area (Å²) in [5.74, 6) is -5.89. The van der Waals surface area contributed by atoms with Gasteiger partial charge in [0.2, 0.25) is 0 Å². The molecule has 4 nitrogen and oxygen atoms in total. The van der Waals surface area contributed by atoms with Gasteiger partial charge < -0.3 is 10.1 Å². The van der Waals surface area contributed by atoms with Crippen molar-refractivity contribution in [2.24, 2.45) is 0 Å². The van der Waals surface area contributed by atoms with Gasteiger partial charge in [0.15, 0.2) is 0 Å². The normalized spacial score (nSPS) is 11.7. The van der Waals surface area contributed by atoms with Gasteiger partial charge in [0.1, 0.15) is 29.1 Å². The Morgan fingerprint density at radius 1 is 1.12 bits per heavy atom. The number of hydrogen-bond acceptors (Lipinski definition) is 3. The second-order valence-electron chi connectivity index (χ2n) is 5.12. The second-order valence-corrected chi connectivity index (χ2v) is 5.56. The van der Waals surface area contributed by atoms with E-state index in [1.807, 2.05) is 0 Å². The maximum absolute atomic E-state index is 13.7. The fraction of sp³-hybridized carbons (Fsp3) is 0.176. The average Bonchev–Trinajstić information content (AvgIpc) is 2.54. The lowest BCUT2D eigenvalue weighted by Gasteiger charge is -2.17. The maximum atomic E-state index is 13.7. The standard InChI is InChI=1S/C17H13ClF3NO3/c1-25-17(24)14(6-9-2-4-10(18)5-3-9)22-16(23)15-12(20)7-11(19)8-13(15)21/h2-5,7-8,14H,6H2,1H3,(H,22,23)/t14-/m0/s1. The van der Waals surface area contributed by atoms with Crippen molar-refractivity contribution in [1.29, 1.82) is 0 Å². The molecule has 2 rings (SSSR count). The first kappa shape index (κ1) is 18.8. The lowest BCUT2D eigenvalue weighted by molar-refractivity contribution is -0.142. The number of esters is 1. The molecule has 0 saturated carbocycles. The summed E-state index contributed by atoms with van der Waals surface area (Å²) in [4.78, 5) is 24.0. The number of rotatable bonds is 5. The minimum Gasteiger partial charge on any atom is -0.467 e. The summed E-state index contributed by atoms with van der Waals surface area (Å²) in [6.45, 7) is 0. The minimum absolute atomic E-state index is 0.0139. The molecule has 0 saturated heterocycles. The van der Waals surface area contributed by atoms with Crippen LogP contribution in [0.4, 0.5) is 13.2 Å². The van der Waals surface area contributed by atoms with Crippen LogP contribution in [0.1, 0.15) is 15.9 Å². The molecule has 25 heavy (non-hydrogen) atoms. The van der Waals surface area contributed by atoms with Crippen LogP contribution in [-0.4, -0.2) is 25.0 Å². The van der Waals surface area contributed by atoms with Gasteiger partial charge in [0.05, 0.1) is 7.11 Å². The summed E-state index contributed by atoms with van der Waals surface area (Å²) < 4.78 is 44.9. The van der Waals surface area contributed by atoms with E-state index in [0.717, 1.165) is 7.11 Å². The maximum Gasteiger partial charge on any atom is 0.328 e. The zero-order chi connectivity index (χ0) is 18.6. The molecule has 0 aliphatic carbocycles. The quantitative estimate of drug-likeness (QED) is 0.821. The lowest BCUT2D eigenvalue weighted by atomic mass is 10.1. The van der Waals surface area contributed by atoms with Gasteiger partial charge in [0.25, 0.3) is 5.91 Å². The van der Waals surface area contributed by atoms with Gasteiger partial charge in [0, 0.05) is 23.6 Å². The number of methoxy groups -OCH3 is 1. The first-order valence-corrected chi connectivity index (χ1v) is 7.47. The molecule has 0 heterocycles. The zero-order valence-electron chi connectivity index (χ0n) is 13.0. The molecule has 2 aromatic carbocycles. The summed E-state index contributed by atoms with van der Waals surface area (Å²) in [5, 5.41) is 2.68. The van der Waals surface area contributed by atoms with Gasteiger partial charge in [-0.1, -0.05) is 23.7 Å². The molecule has 0 aromatic heterocycles. The molecule has 1 amide bonds. The smallest absolute Gasteiger partial charge is 0.328 e. The number of ether oxygens (including phenoxy) is 1. The van der Waals surface area contributed by atoms with Gasteiger partial charge in [-0.15, -0.1) is 0 Å². The van der Waals surface area contributed by atoms with E-state index in [1.165, 1.54) is 0 Å². The van der Waals surface area contributed by atoms with Crippen molar-refractivity contribution in [2.45, 2.75) is 12.5 Å². The molecule has 0 aliphatic heterocycles. The number of amides is 1. The first-order valence-electron chi connectivity index (χ1n) is 7.09. The van der Waals surface area contributed by atoms with Crippen LogP contribution in [0, 0.1) is 17.5 Å². The number of carbonyl (C=O) groups is 2. The van der Waals surface area contributed by atoms with Crippen molar-refractivity contribution in [3.05, 3.63) is 70.0 Å². The monoisotopic (exact) mass is 371 g/mol. The summed E-state index contributed by atoms with van der Waals surface area (Å²) in [7, 11) is 1.11. The Hall–Kier alpha value is -2.54. The summed E-state index contributed by atoms with van der Waals surface area (Å²) in [6, 6.07) is 6.00. The first-order chi connectivity index (χ1) is 11.8. The molecule has 132 valence electrons. The largest absolute Gasteiger partial charge is 0.467 e. The predicted molar refractivity (Wildman–Crippen MR) is 84.7 cm³/mol. The fourth-order valence-electron chi connectivity index (χ4n) is 2.18. The molecule has 0 aliphatic rings. The third kappa shape index (κ3) is 4.73. The van der Waals surface area contributed by atoms with E-state index in [2.05, 4.69) is 10.1 Å². The van der Waals surface area contributed by atoms with Gasteiger partial charge in [-0.05, 0) is 17.7 Å². The molecule has 8 heteroatoms. The van der Waals surface area contributed by atoms with Crippen LogP contribution < -0.4 is 5.32 Å². The van der Waals surface area contributed by atoms with Crippen LogP contribution in [-0.2, 0) is 16.0 Å². The number of carbonyl (C=O) groups excluding carboxylic acids is 2. The molecule has 0 unspecified atom stereocenters. The van der Waals surface area contributed by atoms with Crippen LogP contribution in [0.2, 0.25) is 5.02 Å². The molecule has 1 N–H and O–H groups in total. The van der Waals surface area contributed by atoms with Crippen LogP contribution in [0.3, 0.4) is 0 Å². The Labute approximate surface area is 146 Å². The highest BCUT2D eigenvalue weighted by Crippen LogP contribution is 2.16. The average molecular weight is 372 g/mol. The highest BCUT2D eigenvalue weighted by atomic mass is 35.5. The van der Waals surface area contributed by atoms with Gasteiger partial charge in [-0.3, -0.25) is 4.79 Å². The van der Waals surface area contributed by atoms with E-state index in [-0.39, 0.29) is 6.42 Å². The topological polar surface area (TPSA) is 55.4 Å². The third-order valence-electron chi connectivity index (χ3n) is 3.38. The van der Waals surface area contributed by atoms with Crippen molar-refractivity contribution in [1.82, 2.24) is 5.32 Å². The Bertz CT molecular complexity index is 773. The molecule has 0 bridgehead atoms. The Morgan fingerprint density at radius 2 is 1.68 bits per heavy atom. The Balaban J connectivity index is 2.23. The van der Waals surface area contributed by atoms with E-state index >= 15 is 0 Å². The van der Waals surface area contributed by atoms with Crippen LogP contribution in [0.25, 0.3) is 0 Å². The van der Waals surface area contributed by atoms with Gasteiger partial charge in [-0.2, -0.15) is 0 Å². The highest BCUT2D eigenvalue weighted by Gasteiger charge is 2.26. The second kappa shape index (κ2) is 8.02. The number of halogens is 4. The minimum atomic E-state index is -1.37. The number of benzene rings is 2. The predicted octanol–water partition coefficient (Wildman–Crippen LogP) is 3.27. The summed E-state index contributed by atoms with van der Waals surface area (Å²) in [5.41, 5.74) is -0.341. The van der Waals surface area contributed by atoms with E-state index in [9.17, 15) is 22.8 Å². The van der Waals surface area contributed by atoms with Crippen molar-refractivity contribution in [3.63, 3.8) is 0 Å². The van der Waals surface area contributed by atoms with Crippen molar-refractivity contribution in [2.75, 3.05) is 7.11 Å². The molecule has 2 aromatic rings. The lowest BCUT2D eigenvalue weighted by Crippen LogP contribution is -2.43. The number of hydrogen-bond donors (Lipinski definition) is 1. The van der Waals surface area contributed by atoms with Crippen molar-refractivity contribution in [3.8, 4) is 0 Å².